The van der Waals surface area contributed by atoms with Gasteiger partial charge in [-0.3, -0.25) is 9.59 Å². The first kappa shape index (κ1) is 17.7. The van der Waals surface area contributed by atoms with E-state index in [1.54, 1.807) is 12.1 Å². The minimum atomic E-state index is -0.157. The Morgan fingerprint density at radius 3 is 2.43 bits per heavy atom. The van der Waals surface area contributed by atoms with Gasteiger partial charge in [0.25, 0.3) is 5.91 Å². The number of nitrogens with one attached hydrogen (secondary N) is 2. The Morgan fingerprint density at radius 1 is 1.14 bits per heavy atom. The van der Waals surface area contributed by atoms with Crippen LogP contribution in [0.15, 0.2) is 41.7 Å². The van der Waals surface area contributed by atoms with Gasteiger partial charge in [-0.05, 0) is 80.2 Å². The van der Waals surface area contributed by atoms with Crippen molar-refractivity contribution in [1.29, 1.82) is 0 Å². The molecule has 0 spiro atoms. The number of aromatic nitrogens is 1. The Bertz CT molecular complexity index is 968. The average Bonchev–Trinajstić information content (AvgIpc) is 2.67. The lowest BCUT2D eigenvalue weighted by atomic mass is 9.49. The molecule has 0 atom stereocenters. The van der Waals surface area contributed by atoms with E-state index in [9.17, 15) is 9.59 Å². The van der Waals surface area contributed by atoms with Gasteiger partial charge in [0.2, 0.25) is 0 Å². The first-order valence-electron chi connectivity index (χ1n) is 10.6. The SMILES string of the molecule is C=CCc1c(C(=O)NCC23CC4CC(CC(C4)C2)C3)[nH]c2ccccc2c1=O. The second-order valence-corrected chi connectivity index (χ2v) is 9.45. The summed E-state index contributed by atoms with van der Waals surface area (Å²) >= 11 is 0. The highest BCUT2D eigenvalue weighted by Gasteiger charge is 2.50. The number of pyridine rings is 1. The number of para-hydroxylation sites is 1. The Hall–Kier alpha value is -2.36. The van der Waals surface area contributed by atoms with Crippen LogP contribution in [0.1, 0.15) is 54.6 Å². The third-order valence-electron chi connectivity index (χ3n) is 7.37. The van der Waals surface area contributed by atoms with Gasteiger partial charge in [-0.2, -0.15) is 0 Å². The molecule has 28 heavy (non-hydrogen) atoms. The van der Waals surface area contributed by atoms with Crippen LogP contribution in [0.3, 0.4) is 0 Å². The number of amides is 1. The monoisotopic (exact) mass is 376 g/mol. The minimum Gasteiger partial charge on any atom is -0.350 e. The number of rotatable bonds is 5. The molecule has 6 rings (SSSR count). The summed E-state index contributed by atoms with van der Waals surface area (Å²) in [5.41, 5.74) is 1.82. The standard InChI is InChI=1S/C24H28N2O2/c1-2-5-19-21(26-20-7-4-3-6-18(20)22(19)27)23(28)25-14-24-11-15-8-16(12-24)10-17(9-15)13-24/h2-4,6-7,15-17H,1,5,8-14H2,(H,25,28)(H,26,27). The first-order chi connectivity index (χ1) is 13.6. The number of carbonyl (C=O) groups is 1. The molecule has 2 aromatic rings. The predicted molar refractivity (Wildman–Crippen MR) is 111 cm³/mol. The second-order valence-electron chi connectivity index (χ2n) is 9.45. The molecule has 4 nitrogen and oxygen atoms in total. The van der Waals surface area contributed by atoms with Crippen molar-refractivity contribution in [3.05, 3.63) is 58.4 Å². The Kier molecular flexibility index (Phi) is 4.18. The maximum atomic E-state index is 13.1. The molecule has 1 heterocycles. The molecule has 2 N–H and O–H groups in total. The maximum absolute atomic E-state index is 13.1. The van der Waals surface area contributed by atoms with Gasteiger partial charge in [-0.25, -0.2) is 0 Å². The van der Waals surface area contributed by atoms with E-state index in [4.69, 9.17) is 0 Å². The summed E-state index contributed by atoms with van der Waals surface area (Å²) in [5.74, 6) is 2.43. The van der Waals surface area contributed by atoms with Crippen LogP contribution in [0, 0.1) is 23.2 Å². The number of carbonyl (C=O) groups excluding carboxylic acids is 1. The molecule has 4 bridgehead atoms. The van der Waals surface area contributed by atoms with E-state index >= 15 is 0 Å². The molecule has 4 fully saturated rings. The van der Waals surface area contributed by atoms with Gasteiger partial charge in [-0.1, -0.05) is 18.2 Å². The zero-order valence-electron chi connectivity index (χ0n) is 16.3. The zero-order valence-corrected chi connectivity index (χ0v) is 16.3. The largest absolute Gasteiger partial charge is 0.350 e. The normalized spacial score (nSPS) is 30.5. The predicted octanol–water partition coefficient (Wildman–Crippen LogP) is 4.20. The van der Waals surface area contributed by atoms with Crippen molar-refractivity contribution < 1.29 is 4.79 Å². The number of hydrogen-bond acceptors (Lipinski definition) is 2. The van der Waals surface area contributed by atoms with Gasteiger partial charge in [0.1, 0.15) is 5.69 Å². The Morgan fingerprint density at radius 2 is 1.79 bits per heavy atom. The summed E-state index contributed by atoms with van der Waals surface area (Å²) in [4.78, 5) is 29.3. The van der Waals surface area contributed by atoms with Crippen molar-refractivity contribution >= 4 is 16.8 Å². The van der Waals surface area contributed by atoms with Crippen LogP contribution in [-0.2, 0) is 6.42 Å². The number of allylic oxidation sites excluding steroid dienone is 1. The van der Waals surface area contributed by atoms with Crippen molar-refractivity contribution in [3.63, 3.8) is 0 Å². The minimum absolute atomic E-state index is 0.0748. The molecule has 1 aromatic heterocycles. The smallest absolute Gasteiger partial charge is 0.268 e. The number of aromatic amines is 1. The molecule has 0 unspecified atom stereocenters. The number of fused-ring (bicyclic) bond motifs is 1. The van der Waals surface area contributed by atoms with Crippen LogP contribution in [0.25, 0.3) is 10.9 Å². The molecule has 4 heteroatoms. The van der Waals surface area contributed by atoms with Crippen LogP contribution >= 0.6 is 0 Å². The van der Waals surface area contributed by atoms with Crippen LogP contribution in [0.2, 0.25) is 0 Å². The fourth-order valence-corrected chi connectivity index (χ4v) is 6.67. The topological polar surface area (TPSA) is 62.0 Å². The van der Waals surface area contributed by atoms with E-state index < -0.39 is 0 Å². The fraction of sp³-hybridized carbons (Fsp3) is 0.500. The van der Waals surface area contributed by atoms with Crippen molar-refractivity contribution in [3.8, 4) is 0 Å². The lowest BCUT2D eigenvalue weighted by molar-refractivity contribution is -0.0503. The van der Waals surface area contributed by atoms with Crippen molar-refractivity contribution in [2.24, 2.45) is 23.2 Å². The molecule has 4 aliphatic carbocycles. The van der Waals surface area contributed by atoms with Crippen LogP contribution in [0.5, 0.6) is 0 Å². The lowest BCUT2D eigenvalue weighted by Gasteiger charge is -2.56. The van der Waals surface area contributed by atoms with Crippen molar-refractivity contribution in [2.45, 2.75) is 44.9 Å². The third kappa shape index (κ3) is 2.90. The zero-order chi connectivity index (χ0) is 19.3. The van der Waals surface area contributed by atoms with Crippen molar-refractivity contribution in [1.82, 2.24) is 10.3 Å². The van der Waals surface area contributed by atoms with E-state index in [1.165, 1.54) is 38.5 Å². The molecule has 4 aliphatic rings. The second kappa shape index (κ2) is 6.61. The van der Waals surface area contributed by atoms with Gasteiger partial charge in [0.05, 0.1) is 0 Å². The summed E-state index contributed by atoms with van der Waals surface area (Å²) in [5, 5.41) is 3.83. The van der Waals surface area contributed by atoms with Gasteiger partial charge < -0.3 is 10.3 Å². The summed E-state index contributed by atoms with van der Waals surface area (Å²) < 4.78 is 0. The summed E-state index contributed by atoms with van der Waals surface area (Å²) in [6.07, 6.45) is 10.0. The molecular weight excluding hydrogens is 348 g/mol. The quantitative estimate of drug-likeness (QED) is 0.768. The first-order valence-corrected chi connectivity index (χ1v) is 10.6. The number of H-pyrrole nitrogens is 1. The highest BCUT2D eigenvalue weighted by Crippen LogP contribution is 2.59. The average molecular weight is 377 g/mol. The van der Waals surface area contributed by atoms with Gasteiger partial charge >= 0.3 is 0 Å². The molecule has 146 valence electrons. The Balaban J connectivity index is 1.42. The highest BCUT2D eigenvalue weighted by molar-refractivity contribution is 5.96. The van der Waals surface area contributed by atoms with E-state index in [-0.39, 0.29) is 16.8 Å². The lowest BCUT2D eigenvalue weighted by Crippen LogP contribution is -2.51. The molecule has 1 aromatic carbocycles. The maximum Gasteiger partial charge on any atom is 0.268 e. The molecule has 1 amide bonds. The van der Waals surface area contributed by atoms with E-state index in [0.717, 1.165) is 24.3 Å². The number of benzene rings is 1. The molecule has 0 radical (unpaired) electrons. The van der Waals surface area contributed by atoms with Crippen molar-refractivity contribution in [2.75, 3.05) is 6.54 Å². The molecule has 0 saturated heterocycles. The van der Waals surface area contributed by atoms with Crippen LogP contribution < -0.4 is 10.7 Å². The van der Waals surface area contributed by atoms with Crippen LogP contribution in [0.4, 0.5) is 0 Å². The highest BCUT2D eigenvalue weighted by atomic mass is 16.2. The van der Waals surface area contributed by atoms with Crippen LogP contribution in [-0.4, -0.2) is 17.4 Å². The fourth-order valence-electron chi connectivity index (χ4n) is 6.67. The Labute approximate surface area is 165 Å². The summed E-state index contributed by atoms with van der Waals surface area (Å²) in [6, 6.07) is 7.38. The summed E-state index contributed by atoms with van der Waals surface area (Å²) in [6.45, 7) is 4.50. The van der Waals surface area contributed by atoms with E-state index in [2.05, 4.69) is 16.9 Å². The van der Waals surface area contributed by atoms with Gasteiger partial charge in [-0.15, -0.1) is 6.58 Å². The van der Waals surface area contributed by atoms with E-state index in [0.29, 0.717) is 28.6 Å². The third-order valence-corrected chi connectivity index (χ3v) is 7.37. The van der Waals surface area contributed by atoms with Gasteiger partial charge in [0, 0.05) is 23.0 Å². The molecular formula is C24H28N2O2. The number of hydrogen-bond donors (Lipinski definition) is 2. The molecule has 4 saturated carbocycles. The van der Waals surface area contributed by atoms with Gasteiger partial charge in [0.15, 0.2) is 5.43 Å². The molecule has 0 aliphatic heterocycles. The van der Waals surface area contributed by atoms with E-state index in [1.807, 2.05) is 18.2 Å². The summed E-state index contributed by atoms with van der Waals surface area (Å²) in [7, 11) is 0.